The minimum atomic E-state index is -0.759. The summed E-state index contributed by atoms with van der Waals surface area (Å²) in [6.07, 6.45) is 0.638. The third-order valence-corrected chi connectivity index (χ3v) is 3.86. The van der Waals surface area contributed by atoms with Crippen LogP contribution in [0.5, 0.6) is 0 Å². The maximum atomic E-state index is 13.2. The molecule has 98 valence electrons. The zero-order valence-electron chi connectivity index (χ0n) is 10.1. The van der Waals surface area contributed by atoms with Crippen LogP contribution in [0.15, 0.2) is 22.7 Å². The van der Waals surface area contributed by atoms with Crippen LogP contribution in [-0.2, 0) is 11.3 Å². The molecule has 0 radical (unpaired) electrons. The molecule has 1 aliphatic rings. The van der Waals surface area contributed by atoms with E-state index in [4.69, 9.17) is 5.11 Å². The van der Waals surface area contributed by atoms with Crippen LogP contribution in [-0.4, -0.2) is 29.1 Å². The van der Waals surface area contributed by atoms with Crippen molar-refractivity contribution in [2.24, 2.45) is 5.41 Å². The summed E-state index contributed by atoms with van der Waals surface area (Å²) in [7, 11) is 0. The number of carboxylic acids is 1. The second kappa shape index (κ2) is 4.97. The predicted molar refractivity (Wildman–Crippen MR) is 69.7 cm³/mol. The molecule has 1 aromatic carbocycles. The fourth-order valence-electron chi connectivity index (χ4n) is 2.33. The summed E-state index contributed by atoms with van der Waals surface area (Å²) in [5.74, 6) is -1.04. The first-order chi connectivity index (χ1) is 8.39. The van der Waals surface area contributed by atoms with Crippen molar-refractivity contribution in [1.29, 1.82) is 0 Å². The van der Waals surface area contributed by atoms with E-state index in [0.717, 1.165) is 12.1 Å². The Bertz CT molecular complexity index is 460. The number of carbonyl (C=O) groups is 1. The molecule has 0 saturated carbocycles. The van der Waals surface area contributed by atoms with Gasteiger partial charge in [-0.25, -0.2) is 4.39 Å². The molecular weight excluding hydrogens is 301 g/mol. The van der Waals surface area contributed by atoms with Crippen LogP contribution >= 0.6 is 15.9 Å². The monoisotopic (exact) mass is 315 g/mol. The van der Waals surface area contributed by atoms with Crippen molar-refractivity contribution >= 4 is 21.9 Å². The average molecular weight is 316 g/mol. The van der Waals surface area contributed by atoms with Crippen LogP contribution in [0, 0.1) is 11.2 Å². The highest BCUT2D eigenvalue weighted by atomic mass is 79.9. The summed E-state index contributed by atoms with van der Waals surface area (Å²) in [5, 5.41) is 9.15. The average Bonchev–Trinajstić information content (AvgIpc) is 2.60. The van der Waals surface area contributed by atoms with Crippen molar-refractivity contribution in [3.63, 3.8) is 0 Å². The number of benzene rings is 1. The molecular formula is C13H15BrFNO2. The van der Waals surface area contributed by atoms with Gasteiger partial charge in [-0.1, -0.05) is 15.9 Å². The molecule has 5 heteroatoms. The molecule has 0 aromatic heterocycles. The summed E-state index contributed by atoms with van der Waals surface area (Å²) in [6, 6.07) is 4.76. The van der Waals surface area contributed by atoms with Crippen molar-refractivity contribution in [1.82, 2.24) is 4.90 Å². The lowest BCUT2D eigenvalue weighted by molar-refractivity contribution is -0.147. The molecule has 0 spiro atoms. The molecule has 1 aromatic rings. The topological polar surface area (TPSA) is 40.5 Å². The van der Waals surface area contributed by atoms with E-state index in [1.165, 1.54) is 12.1 Å². The first kappa shape index (κ1) is 13.5. The Morgan fingerprint density at radius 1 is 1.56 bits per heavy atom. The van der Waals surface area contributed by atoms with E-state index in [2.05, 4.69) is 20.8 Å². The van der Waals surface area contributed by atoms with Crippen LogP contribution in [0.25, 0.3) is 0 Å². The summed E-state index contributed by atoms with van der Waals surface area (Å²) in [5.41, 5.74) is 0.182. The van der Waals surface area contributed by atoms with Crippen LogP contribution in [0.3, 0.4) is 0 Å². The Morgan fingerprint density at radius 3 is 2.83 bits per heavy atom. The van der Waals surface area contributed by atoms with E-state index in [1.54, 1.807) is 6.92 Å². The van der Waals surface area contributed by atoms with Gasteiger partial charge >= 0.3 is 5.97 Å². The van der Waals surface area contributed by atoms with E-state index in [-0.39, 0.29) is 5.82 Å². The molecule has 18 heavy (non-hydrogen) atoms. The zero-order valence-corrected chi connectivity index (χ0v) is 11.7. The number of hydrogen-bond donors (Lipinski definition) is 1. The zero-order chi connectivity index (χ0) is 13.3. The number of aliphatic carboxylic acids is 1. The summed E-state index contributed by atoms with van der Waals surface area (Å²) < 4.78 is 13.9. The third kappa shape index (κ3) is 2.90. The summed E-state index contributed by atoms with van der Waals surface area (Å²) in [6.45, 7) is 3.59. The van der Waals surface area contributed by atoms with Gasteiger partial charge in [-0.3, -0.25) is 9.69 Å². The minimum absolute atomic E-state index is 0.278. The van der Waals surface area contributed by atoms with E-state index in [1.807, 2.05) is 6.07 Å². The van der Waals surface area contributed by atoms with Gasteiger partial charge in [-0.15, -0.1) is 0 Å². The number of halogens is 2. The van der Waals surface area contributed by atoms with Crippen LogP contribution in [0.4, 0.5) is 4.39 Å². The smallest absolute Gasteiger partial charge is 0.310 e. The van der Waals surface area contributed by atoms with Crippen LogP contribution in [0.2, 0.25) is 0 Å². The van der Waals surface area contributed by atoms with Crippen molar-refractivity contribution in [2.45, 2.75) is 19.9 Å². The third-order valence-electron chi connectivity index (χ3n) is 3.40. The SMILES string of the molecule is CC1(C(=O)O)CCN(Cc2cc(F)cc(Br)c2)C1. The van der Waals surface area contributed by atoms with E-state index >= 15 is 0 Å². The molecule has 1 heterocycles. The number of nitrogens with zero attached hydrogens (tertiary/aromatic N) is 1. The van der Waals surface area contributed by atoms with Gasteiger partial charge in [-0.2, -0.15) is 0 Å². The van der Waals surface area contributed by atoms with Gasteiger partial charge in [0, 0.05) is 17.6 Å². The second-order valence-electron chi connectivity index (χ2n) is 5.10. The number of rotatable bonds is 3. The van der Waals surface area contributed by atoms with Crippen molar-refractivity contribution < 1.29 is 14.3 Å². The molecule has 0 amide bonds. The highest BCUT2D eigenvalue weighted by Crippen LogP contribution is 2.31. The standard InChI is InChI=1S/C13H15BrFNO2/c1-13(12(17)18)2-3-16(8-13)7-9-4-10(14)6-11(15)5-9/h4-6H,2-3,7-8H2,1H3,(H,17,18). The van der Waals surface area contributed by atoms with Gasteiger partial charge < -0.3 is 5.11 Å². The second-order valence-corrected chi connectivity index (χ2v) is 6.02. The molecule has 1 atom stereocenters. The first-order valence-electron chi connectivity index (χ1n) is 5.80. The first-order valence-corrected chi connectivity index (χ1v) is 6.59. The lowest BCUT2D eigenvalue weighted by Gasteiger charge is -2.20. The fourth-order valence-corrected chi connectivity index (χ4v) is 2.84. The highest BCUT2D eigenvalue weighted by Gasteiger charge is 2.40. The number of likely N-dealkylation sites (tertiary alicyclic amines) is 1. The maximum absolute atomic E-state index is 13.2. The molecule has 2 rings (SSSR count). The van der Waals surface area contributed by atoms with Gasteiger partial charge in [0.1, 0.15) is 5.82 Å². The molecule has 1 N–H and O–H groups in total. The molecule has 0 aliphatic carbocycles. The van der Waals surface area contributed by atoms with E-state index < -0.39 is 11.4 Å². The maximum Gasteiger partial charge on any atom is 0.310 e. The van der Waals surface area contributed by atoms with Gasteiger partial charge in [0.15, 0.2) is 0 Å². The fraction of sp³-hybridized carbons (Fsp3) is 0.462. The summed E-state index contributed by atoms with van der Waals surface area (Å²) in [4.78, 5) is 13.2. The largest absolute Gasteiger partial charge is 0.481 e. The lowest BCUT2D eigenvalue weighted by Crippen LogP contribution is -2.31. The Hall–Kier alpha value is -0.940. The van der Waals surface area contributed by atoms with Crippen LogP contribution < -0.4 is 0 Å². The normalized spacial score (nSPS) is 24.4. The molecule has 1 aliphatic heterocycles. The Kier molecular flexibility index (Phi) is 3.73. The van der Waals surface area contributed by atoms with Crippen molar-refractivity contribution in [2.75, 3.05) is 13.1 Å². The van der Waals surface area contributed by atoms with E-state index in [9.17, 15) is 9.18 Å². The highest BCUT2D eigenvalue weighted by molar-refractivity contribution is 9.10. The summed E-state index contributed by atoms with van der Waals surface area (Å²) >= 11 is 3.26. The predicted octanol–water partition coefficient (Wildman–Crippen LogP) is 2.88. The van der Waals surface area contributed by atoms with Crippen molar-refractivity contribution in [3.05, 3.63) is 34.1 Å². The van der Waals surface area contributed by atoms with E-state index in [0.29, 0.717) is 24.0 Å². The Balaban J connectivity index is 2.06. The van der Waals surface area contributed by atoms with Crippen LogP contribution in [0.1, 0.15) is 18.9 Å². The van der Waals surface area contributed by atoms with Gasteiger partial charge in [-0.05, 0) is 43.7 Å². The van der Waals surface area contributed by atoms with Crippen molar-refractivity contribution in [3.8, 4) is 0 Å². The number of hydrogen-bond acceptors (Lipinski definition) is 2. The van der Waals surface area contributed by atoms with Gasteiger partial charge in [0.25, 0.3) is 0 Å². The van der Waals surface area contributed by atoms with Gasteiger partial charge in [0.05, 0.1) is 5.41 Å². The Morgan fingerprint density at radius 2 is 2.28 bits per heavy atom. The molecule has 1 fully saturated rings. The molecule has 3 nitrogen and oxygen atoms in total. The Labute approximate surface area is 114 Å². The molecule has 0 bridgehead atoms. The quantitative estimate of drug-likeness (QED) is 0.932. The minimum Gasteiger partial charge on any atom is -0.481 e. The van der Waals surface area contributed by atoms with Gasteiger partial charge in [0.2, 0.25) is 0 Å². The lowest BCUT2D eigenvalue weighted by atomic mass is 9.90. The molecule has 1 saturated heterocycles. The number of carboxylic acid groups (broad SMARTS) is 1. The molecule has 1 unspecified atom stereocenters.